The van der Waals surface area contributed by atoms with Crippen LogP contribution < -0.4 is 5.73 Å². The molecule has 10 heavy (non-hydrogen) atoms. The predicted molar refractivity (Wildman–Crippen MR) is 45.2 cm³/mol. The summed E-state index contributed by atoms with van der Waals surface area (Å²) in [6.07, 6.45) is 0. The fourth-order valence-corrected chi connectivity index (χ4v) is 1.73. The number of halogens is 1. The molecular weight excluding hydrogens is 214 g/mol. The number of carbonyl (C=O) groups excluding carboxylic acids is 1. The fourth-order valence-electron chi connectivity index (χ4n) is 0.583. The van der Waals surface area contributed by atoms with E-state index in [4.69, 9.17) is 5.73 Å². The highest BCUT2D eigenvalue weighted by atomic mass is 79.9. The fraction of sp³-hybridized carbons (Fsp3) is 0.167. The van der Waals surface area contributed by atoms with Crippen LogP contribution in [-0.4, -0.2) is 5.91 Å². The van der Waals surface area contributed by atoms with Crippen molar-refractivity contribution in [3.63, 3.8) is 0 Å². The SMILES string of the molecule is NC(=O)C(Br)c1ccsc1. The van der Waals surface area contributed by atoms with Gasteiger partial charge in [-0.3, -0.25) is 4.79 Å². The van der Waals surface area contributed by atoms with Crippen LogP contribution in [0.3, 0.4) is 0 Å². The molecule has 0 aliphatic carbocycles. The number of nitrogens with two attached hydrogens (primary N) is 1. The molecule has 0 saturated heterocycles. The number of carbonyl (C=O) groups is 1. The highest BCUT2D eigenvalue weighted by molar-refractivity contribution is 9.09. The van der Waals surface area contributed by atoms with E-state index >= 15 is 0 Å². The Balaban J connectivity index is 2.77. The molecule has 0 aliphatic heterocycles. The van der Waals surface area contributed by atoms with Gasteiger partial charge in [-0.05, 0) is 22.4 Å². The average Bonchev–Trinajstić information content (AvgIpc) is 2.36. The van der Waals surface area contributed by atoms with Crippen LogP contribution in [0.4, 0.5) is 0 Å². The maximum atomic E-state index is 10.6. The van der Waals surface area contributed by atoms with Crippen molar-refractivity contribution in [1.82, 2.24) is 0 Å². The molecule has 1 unspecified atom stereocenters. The summed E-state index contributed by atoms with van der Waals surface area (Å²) in [6, 6.07) is 1.87. The first-order valence-corrected chi connectivity index (χ1v) is 4.53. The van der Waals surface area contributed by atoms with E-state index in [0.29, 0.717) is 0 Å². The quantitative estimate of drug-likeness (QED) is 0.757. The summed E-state index contributed by atoms with van der Waals surface area (Å²) < 4.78 is 0. The van der Waals surface area contributed by atoms with E-state index in [2.05, 4.69) is 15.9 Å². The Morgan fingerprint density at radius 3 is 2.90 bits per heavy atom. The van der Waals surface area contributed by atoms with Gasteiger partial charge in [-0.2, -0.15) is 11.3 Å². The van der Waals surface area contributed by atoms with E-state index < -0.39 is 0 Å². The summed E-state index contributed by atoms with van der Waals surface area (Å²) in [5.74, 6) is -0.349. The zero-order valence-corrected chi connectivity index (χ0v) is 7.48. The lowest BCUT2D eigenvalue weighted by molar-refractivity contribution is -0.117. The molecule has 2 nitrogen and oxygen atoms in total. The standard InChI is InChI=1S/C6H6BrNOS/c7-5(6(8)9)4-1-2-10-3-4/h1-3,5H,(H2,8,9). The second-order valence-corrected chi connectivity index (χ2v) is 3.52. The molecule has 1 aromatic rings. The van der Waals surface area contributed by atoms with Crippen molar-refractivity contribution >= 4 is 33.2 Å². The van der Waals surface area contributed by atoms with Crippen molar-refractivity contribution in [3.8, 4) is 0 Å². The van der Waals surface area contributed by atoms with Gasteiger partial charge in [0.1, 0.15) is 4.83 Å². The van der Waals surface area contributed by atoms with E-state index in [1.54, 1.807) is 11.3 Å². The van der Waals surface area contributed by atoms with Gasteiger partial charge in [0.2, 0.25) is 5.91 Å². The maximum Gasteiger partial charge on any atom is 0.235 e. The van der Waals surface area contributed by atoms with Crippen LogP contribution in [0.2, 0.25) is 0 Å². The molecule has 0 bridgehead atoms. The molecular formula is C6H6BrNOS. The van der Waals surface area contributed by atoms with Crippen molar-refractivity contribution in [2.75, 3.05) is 0 Å². The molecule has 0 aliphatic rings. The number of rotatable bonds is 2. The van der Waals surface area contributed by atoms with Gasteiger partial charge >= 0.3 is 0 Å². The van der Waals surface area contributed by atoms with Crippen LogP contribution in [0.1, 0.15) is 10.4 Å². The molecule has 0 radical (unpaired) electrons. The maximum absolute atomic E-state index is 10.6. The van der Waals surface area contributed by atoms with Gasteiger partial charge in [0.05, 0.1) is 0 Å². The normalized spacial score (nSPS) is 12.9. The van der Waals surface area contributed by atoms with Gasteiger partial charge in [-0.25, -0.2) is 0 Å². The van der Waals surface area contributed by atoms with E-state index in [0.717, 1.165) is 5.56 Å². The largest absolute Gasteiger partial charge is 0.368 e. The molecule has 0 fully saturated rings. The first kappa shape index (κ1) is 7.75. The van der Waals surface area contributed by atoms with Crippen LogP contribution in [0.5, 0.6) is 0 Å². The van der Waals surface area contributed by atoms with Crippen LogP contribution in [-0.2, 0) is 4.79 Å². The molecule has 1 heterocycles. The highest BCUT2D eigenvalue weighted by Crippen LogP contribution is 2.23. The molecule has 2 N–H and O–H groups in total. The Hall–Kier alpha value is -0.350. The number of primary amides is 1. The van der Waals surface area contributed by atoms with E-state index in [9.17, 15) is 4.79 Å². The summed E-state index contributed by atoms with van der Waals surface area (Å²) >= 11 is 4.71. The number of hydrogen-bond donors (Lipinski definition) is 1. The van der Waals surface area contributed by atoms with E-state index in [-0.39, 0.29) is 10.7 Å². The van der Waals surface area contributed by atoms with Crippen LogP contribution >= 0.6 is 27.3 Å². The second kappa shape index (κ2) is 3.16. The second-order valence-electron chi connectivity index (χ2n) is 1.82. The van der Waals surface area contributed by atoms with Crippen LogP contribution in [0.25, 0.3) is 0 Å². The summed E-state index contributed by atoms with van der Waals surface area (Å²) in [5.41, 5.74) is 5.97. The van der Waals surface area contributed by atoms with Gasteiger partial charge < -0.3 is 5.73 Å². The Bertz CT molecular complexity index is 222. The van der Waals surface area contributed by atoms with Crippen molar-refractivity contribution in [1.29, 1.82) is 0 Å². The number of hydrogen-bond acceptors (Lipinski definition) is 2. The van der Waals surface area contributed by atoms with Gasteiger partial charge in [0.15, 0.2) is 0 Å². The average molecular weight is 220 g/mol. The first-order valence-electron chi connectivity index (χ1n) is 2.67. The minimum absolute atomic E-state index is 0.334. The lowest BCUT2D eigenvalue weighted by atomic mass is 10.2. The first-order chi connectivity index (χ1) is 4.72. The molecule has 1 rings (SSSR count). The highest BCUT2D eigenvalue weighted by Gasteiger charge is 2.12. The van der Waals surface area contributed by atoms with Crippen molar-refractivity contribution < 1.29 is 4.79 Å². The number of amides is 1. The van der Waals surface area contributed by atoms with Crippen molar-refractivity contribution in [3.05, 3.63) is 22.4 Å². The Morgan fingerprint density at radius 1 is 1.80 bits per heavy atom. The molecule has 0 spiro atoms. The Kier molecular flexibility index (Phi) is 2.45. The minimum Gasteiger partial charge on any atom is -0.368 e. The summed E-state index contributed by atoms with van der Waals surface area (Å²) in [7, 11) is 0. The van der Waals surface area contributed by atoms with Crippen LogP contribution in [0.15, 0.2) is 16.8 Å². The third kappa shape index (κ3) is 1.58. The Labute approximate surface area is 71.2 Å². The molecule has 4 heteroatoms. The van der Waals surface area contributed by atoms with Crippen molar-refractivity contribution in [2.24, 2.45) is 5.73 Å². The zero-order chi connectivity index (χ0) is 7.56. The molecule has 1 amide bonds. The molecule has 0 saturated carbocycles. The van der Waals surface area contributed by atoms with Gasteiger partial charge in [-0.1, -0.05) is 15.9 Å². The molecule has 54 valence electrons. The lowest BCUT2D eigenvalue weighted by Crippen LogP contribution is -2.15. The smallest absolute Gasteiger partial charge is 0.235 e. The van der Waals surface area contributed by atoms with E-state index in [1.165, 1.54) is 0 Å². The Morgan fingerprint density at radius 2 is 2.50 bits per heavy atom. The monoisotopic (exact) mass is 219 g/mol. The number of thiophene rings is 1. The summed E-state index contributed by atoms with van der Waals surface area (Å²) in [4.78, 5) is 10.2. The third-order valence-electron chi connectivity index (χ3n) is 1.09. The number of alkyl halides is 1. The molecule has 0 aromatic carbocycles. The summed E-state index contributed by atoms with van der Waals surface area (Å²) in [5, 5.41) is 3.80. The lowest BCUT2D eigenvalue weighted by Gasteiger charge is -1.99. The van der Waals surface area contributed by atoms with Crippen molar-refractivity contribution in [2.45, 2.75) is 4.83 Å². The molecule has 1 aromatic heterocycles. The predicted octanol–water partition coefficient (Wildman–Crippen LogP) is 1.67. The van der Waals surface area contributed by atoms with Crippen LogP contribution in [0, 0.1) is 0 Å². The summed E-state index contributed by atoms with van der Waals surface area (Å²) in [6.45, 7) is 0. The third-order valence-corrected chi connectivity index (χ3v) is 2.77. The topological polar surface area (TPSA) is 43.1 Å². The zero-order valence-electron chi connectivity index (χ0n) is 5.08. The minimum atomic E-state index is -0.349. The molecule has 1 atom stereocenters. The van der Waals surface area contributed by atoms with Gasteiger partial charge in [-0.15, -0.1) is 0 Å². The van der Waals surface area contributed by atoms with Gasteiger partial charge in [0, 0.05) is 0 Å². The van der Waals surface area contributed by atoms with E-state index in [1.807, 2.05) is 16.8 Å². The van der Waals surface area contributed by atoms with Gasteiger partial charge in [0.25, 0.3) is 0 Å².